The van der Waals surface area contributed by atoms with Crippen molar-refractivity contribution in [3.63, 3.8) is 0 Å². The average Bonchev–Trinajstić information content (AvgIpc) is 3.20. The molecule has 166 valence electrons. The Bertz CT molecular complexity index is 1350. The van der Waals surface area contributed by atoms with Crippen LogP contribution in [0.2, 0.25) is 0 Å². The maximum absolute atomic E-state index is 12.7. The molecule has 2 N–H and O–H groups in total. The number of amides is 2. The number of thioether (sulfide) groups is 1. The van der Waals surface area contributed by atoms with E-state index in [1.807, 2.05) is 31.2 Å². The van der Waals surface area contributed by atoms with E-state index in [1.54, 1.807) is 47.0 Å². The molecule has 0 aliphatic heterocycles. The monoisotopic (exact) mass is 459 g/mol. The lowest BCUT2D eigenvalue weighted by Crippen LogP contribution is -2.14. The molecule has 2 aromatic carbocycles. The number of nitrogens with zero attached hydrogens (tertiary/aromatic N) is 3. The SMILES string of the molecule is CC(=O)c1ccc(NC(=O)CSc2nnc3ccc(C(=O)Nc4cccc(C)c4)cn23)cc1. The Hall–Kier alpha value is -3.98. The molecule has 0 aliphatic carbocycles. The van der Waals surface area contributed by atoms with Crippen LogP contribution in [0.15, 0.2) is 72.0 Å². The highest BCUT2D eigenvalue weighted by Gasteiger charge is 2.13. The van der Waals surface area contributed by atoms with Crippen LogP contribution >= 0.6 is 11.8 Å². The predicted octanol–water partition coefficient (Wildman–Crippen LogP) is 4.22. The second-order valence-corrected chi connectivity index (χ2v) is 8.37. The fourth-order valence-electron chi connectivity index (χ4n) is 3.14. The maximum atomic E-state index is 12.7. The molecule has 0 saturated heterocycles. The Kier molecular flexibility index (Phi) is 6.50. The zero-order chi connectivity index (χ0) is 23.4. The highest BCUT2D eigenvalue weighted by atomic mass is 32.2. The maximum Gasteiger partial charge on any atom is 0.257 e. The van der Waals surface area contributed by atoms with Crippen LogP contribution in [0.1, 0.15) is 33.2 Å². The molecule has 2 amide bonds. The molecule has 0 atom stereocenters. The van der Waals surface area contributed by atoms with Crippen LogP contribution in [0.5, 0.6) is 0 Å². The van der Waals surface area contributed by atoms with Crippen molar-refractivity contribution in [1.82, 2.24) is 14.6 Å². The van der Waals surface area contributed by atoms with Crippen molar-refractivity contribution in [3.8, 4) is 0 Å². The van der Waals surface area contributed by atoms with Crippen molar-refractivity contribution in [2.24, 2.45) is 0 Å². The zero-order valence-electron chi connectivity index (χ0n) is 18.0. The third kappa shape index (κ3) is 5.45. The summed E-state index contributed by atoms with van der Waals surface area (Å²) < 4.78 is 1.69. The van der Waals surface area contributed by atoms with E-state index in [0.29, 0.717) is 33.3 Å². The summed E-state index contributed by atoms with van der Waals surface area (Å²) >= 11 is 1.21. The summed E-state index contributed by atoms with van der Waals surface area (Å²) in [5.74, 6) is -0.400. The van der Waals surface area contributed by atoms with E-state index < -0.39 is 0 Å². The van der Waals surface area contributed by atoms with Gasteiger partial charge in [-0.2, -0.15) is 0 Å². The van der Waals surface area contributed by atoms with Crippen molar-refractivity contribution in [2.75, 3.05) is 16.4 Å². The Morgan fingerprint density at radius 2 is 1.67 bits per heavy atom. The minimum absolute atomic E-state index is 0.0333. The molecular formula is C24H21N5O3S. The van der Waals surface area contributed by atoms with E-state index >= 15 is 0 Å². The van der Waals surface area contributed by atoms with E-state index in [9.17, 15) is 14.4 Å². The topological polar surface area (TPSA) is 105 Å². The Labute approximate surface area is 194 Å². The van der Waals surface area contributed by atoms with Crippen LogP contribution in [-0.4, -0.2) is 37.9 Å². The van der Waals surface area contributed by atoms with Crippen LogP contribution in [0.25, 0.3) is 5.65 Å². The van der Waals surface area contributed by atoms with Crippen molar-refractivity contribution in [2.45, 2.75) is 19.0 Å². The molecule has 0 saturated carbocycles. The summed E-state index contributed by atoms with van der Waals surface area (Å²) in [4.78, 5) is 36.4. The van der Waals surface area contributed by atoms with Gasteiger partial charge < -0.3 is 10.6 Å². The minimum atomic E-state index is -0.251. The first-order valence-corrected chi connectivity index (χ1v) is 11.1. The number of carbonyl (C=O) groups excluding carboxylic acids is 3. The van der Waals surface area contributed by atoms with E-state index in [-0.39, 0.29) is 23.4 Å². The summed E-state index contributed by atoms with van der Waals surface area (Å²) in [6.45, 7) is 3.45. The number of hydrogen-bond donors (Lipinski definition) is 2. The van der Waals surface area contributed by atoms with Gasteiger partial charge in [0.15, 0.2) is 16.6 Å². The van der Waals surface area contributed by atoms with Gasteiger partial charge in [0.1, 0.15) is 0 Å². The van der Waals surface area contributed by atoms with Crippen LogP contribution < -0.4 is 10.6 Å². The largest absolute Gasteiger partial charge is 0.325 e. The molecule has 9 heteroatoms. The number of aryl methyl sites for hydroxylation is 1. The Morgan fingerprint density at radius 1 is 0.909 bits per heavy atom. The smallest absolute Gasteiger partial charge is 0.257 e. The quantitative estimate of drug-likeness (QED) is 0.317. The molecule has 4 rings (SSSR count). The van der Waals surface area contributed by atoms with E-state index in [1.165, 1.54) is 18.7 Å². The molecule has 0 bridgehead atoms. The van der Waals surface area contributed by atoms with Crippen LogP contribution in [-0.2, 0) is 4.79 Å². The molecule has 0 aliphatic rings. The first kappa shape index (κ1) is 22.2. The number of anilines is 2. The van der Waals surface area contributed by atoms with Gasteiger partial charge in [0, 0.05) is 23.1 Å². The van der Waals surface area contributed by atoms with Crippen molar-refractivity contribution < 1.29 is 14.4 Å². The molecule has 0 unspecified atom stereocenters. The minimum Gasteiger partial charge on any atom is -0.325 e. The highest BCUT2D eigenvalue weighted by molar-refractivity contribution is 7.99. The van der Waals surface area contributed by atoms with Gasteiger partial charge >= 0.3 is 0 Å². The molecular weight excluding hydrogens is 438 g/mol. The molecule has 4 aromatic rings. The lowest BCUT2D eigenvalue weighted by Gasteiger charge is -2.07. The highest BCUT2D eigenvalue weighted by Crippen LogP contribution is 2.19. The summed E-state index contributed by atoms with van der Waals surface area (Å²) in [7, 11) is 0. The van der Waals surface area contributed by atoms with E-state index in [4.69, 9.17) is 0 Å². The first-order chi connectivity index (χ1) is 15.9. The number of fused-ring (bicyclic) bond motifs is 1. The third-order valence-corrected chi connectivity index (χ3v) is 5.76. The number of aromatic nitrogens is 3. The predicted molar refractivity (Wildman–Crippen MR) is 128 cm³/mol. The molecule has 0 spiro atoms. The van der Waals surface area contributed by atoms with Crippen molar-refractivity contribution >= 4 is 46.4 Å². The number of ketones is 1. The average molecular weight is 460 g/mol. The number of carbonyl (C=O) groups is 3. The molecule has 0 radical (unpaired) electrons. The number of rotatable bonds is 7. The second-order valence-electron chi connectivity index (χ2n) is 7.42. The standard InChI is InChI=1S/C24H21N5O3S/c1-15-4-3-5-20(12-15)26-23(32)18-8-11-21-27-28-24(29(21)13-18)33-14-22(31)25-19-9-6-17(7-10-19)16(2)30/h3-13H,14H2,1-2H3,(H,25,31)(H,26,32). The molecule has 0 fully saturated rings. The number of benzene rings is 2. The van der Waals surface area contributed by atoms with Crippen molar-refractivity contribution in [3.05, 3.63) is 83.6 Å². The second kappa shape index (κ2) is 9.66. The van der Waals surface area contributed by atoms with Gasteiger partial charge in [-0.15, -0.1) is 10.2 Å². The number of Topliss-reactive ketones (excluding diaryl/α,β-unsaturated/α-hetero) is 1. The van der Waals surface area contributed by atoms with Gasteiger partial charge in [-0.1, -0.05) is 23.9 Å². The number of pyridine rings is 1. The molecule has 8 nitrogen and oxygen atoms in total. The van der Waals surface area contributed by atoms with E-state index in [0.717, 1.165) is 5.56 Å². The van der Waals surface area contributed by atoms with Gasteiger partial charge in [-0.05, 0) is 67.9 Å². The van der Waals surface area contributed by atoms with E-state index in [2.05, 4.69) is 20.8 Å². The lowest BCUT2D eigenvalue weighted by molar-refractivity contribution is -0.113. The normalized spacial score (nSPS) is 10.7. The number of hydrogen-bond acceptors (Lipinski definition) is 6. The number of nitrogens with one attached hydrogen (secondary N) is 2. The summed E-state index contributed by atoms with van der Waals surface area (Å²) in [5, 5.41) is 14.4. The molecule has 33 heavy (non-hydrogen) atoms. The van der Waals surface area contributed by atoms with Gasteiger partial charge in [0.05, 0.1) is 11.3 Å². The summed E-state index contributed by atoms with van der Waals surface area (Å²) in [6.07, 6.45) is 1.65. The zero-order valence-corrected chi connectivity index (χ0v) is 18.8. The summed E-state index contributed by atoms with van der Waals surface area (Å²) in [5.41, 5.74) is 3.97. The molecule has 2 aromatic heterocycles. The Balaban J connectivity index is 1.42. The lowest BCUT2D eigenvalue weighted by atomic mass is 10.1. The fraction of sp³-hybridized carbons (Fsp3) is 0.125. The van der Waals surface area contributed by atoms with Crippen molar-refractivity contribution in [1.29, 1.82) is 0 Å². The third-order valence-electron chi connectivity index (χ3n) is 4.82. The van der Waals surface area contributed by atoms with Crippen LogP contribution in [0, 0.1) is 6.92 Å². The summed E-state index contributed by atoms with van der Waals surface area (Å²) in [6, 6.07) is 17.7. The van der Waals surface area contributed by atoms with Crippen LogP contribution in [0.4, 0.5) is 11.4 Å². The van der Waals surface area contributed by atoms with Gasteiger partial charge in [0.2, 0.25) is 5.91 Å². The van der Waals surface area contributed by atoms with Crippen LogP contribution in [0.3, 0.4) is 0 Å². The first-order valence-electron chi connectivity index (χ1n) is 10.2. The molecule has 2 heterocycles. The van der Waals surface area contributed by atoms with Gasteiger partial charge in [-0.3, -0.25) is 18.8 Å². The fourth-order valence-corrected chi connectivity index (χ4v) is 3.86. The Morgan fingerprint density at radius 3 is 2.39 bits per heavy atom. The van der Waals surface area contributed by atoms with Gasteiger partial charge in [0.25, 0.3) is 5.91 Å². The van der Waals surface area contributed by atoms with Gasteiger partial charge in [-0.25, -0.2) is 0 Å².